The highest BCUT2D eigenvalue weighted by atomic mass is 35.5. The van der Waals surface area contributed by atoms with E-state index in [0.717, 1.165) is 56.7 Å². The van der Waals surface area contributed by atoms with Gasteiger partial charge in [0.2, 0.25) is 10.0 Å². The Labute approximate surface area is 284 Å². The minimum Gasteiger partial charge on any atom is -0.338 e. The predicted octanol–water partition coefficient (Wildman–Crippen LogP) is 4.98. The van der Waals surface area contributed by atoms with Crippen LogP contribution in [0.3, 0.4) is 0 Å². The van der Waals surface area contributed by atoms with Gasteiger partial charge >= 0.3 is 0 Å². The zero-order valence-electron chi connectivity index (χ0n) is 27.8. The van der Waals surface area contributed by atoms with E-state index in [1.54, 1.807) is 22.5 Å². The van der Waals surface area contributed by atoms with Gasteiger partial charge in [-0.25, -0.2) is 18.4 Å². The fourth-order valence-electron chi connectivity index (χ4n) is 7.94. The lowest BCUT2D eigenvalue weighted by atomic mass is 9.83. The molecule has 3 aliphatic heterocycles. The van der Waals surface area contributed by atoms with Gasteiger partial charge in [0, 0.05) is 80.9 Å². The molecule has 1 amide bonds. The average Bonchev–Trinajstić information content (AvgIpc) is 3.06. The summed E-state index contributed by atoms with van der Waals surface area (Å²) in [6.45, 7) is 13.6. The molecule has 12 heteroatoms. The van der Waals surface area contributed by atoms with Crippen LogP contribution in [0.1, 0.15) is 72.9 Å². The van der Waals surface area contributed by atoms with E-state index in [-0.39, 0.29) is 22.4 Å². The maximum absolute atomic E-state index is 13.4. The van der Waals surface area contributed by atoms with Crippen molar-refractivity contribution >= 4 is 27.5 Å². The second-order valence-corrected chi connectivity index (χ2v) is 16.0. The van der Waals surface area contributed by atoms with Crippen molar-refractivity contribution in [3.8, 4) is 0 Å². The molecule has 6 rings (SSSR count). The number of aryl methyl sites for hydroxylation is 2. The highest BCUT2D eigenvalue weighted by Gasteiger charge is 2.43. The van der Waals surface area contributed by atoms with Gasteiger partial charge in [-0.05, 0) is 89.1 Å². The molecular weight excluding hydrogens is 634 g/mol. The molecule has 0 unspecified atom stereocenters. The number of halogens is 1. The molecule has 1 aromatic carbocycles. The number of piperazine rings is 1. The zero-order valence-corrected chi connectivity index (χ0v) is 29.4. The molecule has 252 valence electrons. The summed E-state index contributed by atoms with van der Waals surface area (Å²) >= 11 is 6.13. The third-order valence-electron chi connectivity index (χ3n) is 10.8. The Morgan fingerprint density at radius 2 is 1.68 bits per heavy atom. The van der Waals surface area contributed by atoms with E-state index in [9.17, 15) is 13.2 Å². The molecule has 3 aliphatic rings. The minimum atomic E-state index is -3.60. The summed E-state index contributed by atoms with van der Waals surface area (Å²) in [6, 6.07) is 11.2. The van der Waals surface area contributed by atoms with Gasteiger partial charge in [-0.15, -0.1) is 0 Å². The van der Waals surface area contributed by atoms with E-state index >= 15 is 0 Å². The standard InChI is InChI=1S/C35H46ClN7O3S/c1-25-23-41(35(4)12-17-40(18-13-35)34(44)32-26(2)38-24-39-27(32)3)19-20-43(25)33(29-7-6-14-37-22-29)28-10-15-42(16-11-28)47(45,46)31-9-5-8-30(36)21-31/h5-9,14,21-22,24-25,28,33H,10-13,15-20,23H2,1-4H3/t25-,33-/m0/s1. The second-order valence-electron chi connectivity index (χ2n) is 13.7. The van der Waals surface area contributed by atoms with Crippen molar-refractivity contribution in [1.82, 2.24) is 34.0 Å². The molecule has 3 aromatic rings. The van der Waals surface area contributed by atoms with E-state index < -0.39 is 10.0 Å². The first kappa shape index (κ1) is 33.9. The number of rotatable bonds is 7. The summed E-state index contributed by atoms with van der Waals surface area (Å²) in [7, 11) is -3.60. The second kappa shape index (κ2) is 13.9. The Morgan fingerprint density at radius 1 is 0.979 bits per heavy atom. The van der Waals surface area contributed by atoms with Crippen molar-refractivity contribution in [2.45, 2.75) is 75.9 Å². The Kier molecular flexibility index (Phi) is 10.0. The highest BCUT2D eigenvalue weighted by molar-refractivity contribution is 7.89. The number of pyridine rings is 1. The Balaban J connectivity index is 1.12. The van der Waals surface area contributed by atoms with Gasteiger partial charge < -0.3 is 4.90 Å². The third-order valence-corrected chi connectivity index (χ3v) is 12.9. The molecule has 3 saturated heterocycles. The number of hydrogen-bond acceptors (Lipinski definition) is 8. The minimum absolute atomic E-state index is 0.0121. The predicted molar refractivity (Wildman–Crippen MR) is 183 cm³/mol. The Morgan fingerprint density at radius 3 is 2.30 bits per heavy atom. The van der Waals surface area contributed by atoms with Gasteiger partial charge in [0.05, 0.1) is 21.8 Å². The quantitative estimate of drug-likeness (QED) is 0.345. The van der Waals surface area contributed by atoms with Gasteiger partial charge in [0.1, 0.15) is 6.33 Å². The summed E-state index contributed by atoms with van der Waals surface area (Å²) in [5.41, 5.74) is 3.30. The Hall–Kier alpha value is -2.96. The molecule has 0 spiro atoms. The normalized spacial score (nSPS) is 22.7. The van der Waals surface area contributed by atoms with Crippen molar-refractivity contribution in [3.63, 3.8) is 0 Å². The number of carbonyl (C=O) groups is 1. The number of likely N-dealkylation sites (tertiary alicyclic amines) is 1. The molecular formula is C35H46ClN7O3S. The third kappa shape index (κ3) is 6.96. The topological polar surface area (TPSA) is 103 Å². The van der Waals surface area contributed by atoms with Crippen molar-refractivity contribution in [2.24, 2.45) is 5.92 Å². The number of carbonyl (C=O) groups excluding carboxylic acids is 1. The van der Waals surface area contributed by atoms with Crippen LogP contribution in [0.15, 0.2) is 60.0 Å². The highest BCUT2D eigenvalue weighted by Crippen LogP contribution is 2.40. The molecule has 0 radical (unpaired) electrons. The van der Waals surface area contributed by atoms with Crippen LogP contribution in [0.4, 0.5) is 0 Å². The summed E-state index contributed by atoms with van der Waals surface area (Å²) in [5, 5.41) is 0.422. The smallest absolute Gasteiger partial charge is 0.257 e. The van der Waals surface area contributed by atoms with Crippen LogP contribution in [0.25, 0.3) is 0 Å². The molecule has 47 heavy (non-hydrogen) atoms. The van der Waals surface area contributed by atoms with Gasteiger partial charge in [-0.3, -0.25) is 19.6 Å². The van der Waals surface area contributed by atoms with Crippen LogP contribution in [-0.4, -0.2) is 106 Å². The lowest BCUT2D eigenvalue weighted by Crippen LogP contribution is -2.63. The van der Waals surface area contributed by atoms with E-state index in [4.69, 9.17) is 11.6 Å². The molecule has 0 bridgehead atoms. The van der Waals surface area contributed by atoms with Gasteiger partial charge in [-0.2, -0.15) is 4.31 Å². The number of hydrogen-bond donors (Lipinski definition) is 0. The summed E-state index contributed by atoms with van der Waals surface area (Å²) in [5.74, 6) is 0.337. The van der Waals surface area contributed by atoms with Crippen LogP contribution >= 0.6 is 11.6 Å². The number of benzene rings is 1. The monoisotopic (exact) mass is 679 g/mol. The van der Waals surface area contributed by atoms with Crippen LogP contribution in [0.2, 0.25) is 5.02 Å². The molecule has 0 aliphatic carbocycles. The molecule has 0 N–H and O–H groups in total. The van der Waals surface area contributed by atoms with E-state index in [2.05, 4.69) is 44.7 Å². The fourth-order valence-corrected chi connectivity index (χ4v) is 9.71. The van der Waals surface area contributed by atoms with Gasteiger partial charge in [-0.1, -0.05) is 23.7 Å². The summed E-state index contributed by atoms with van der Waals surface area (Å²) in [6.07, 6.45) is 8.70. The molecule has 2 atom stereocenters. The summed E-state index contributed by atoms with van der Waals surface area (Å²) < 4.78 is 28.5. The van der Waals surface area contributed by atoms with Crippen LogP contribution < -0.4 is 0 Å². The molecule has 5 heterocycles. The molecule has 2 aromatic heterocycles. The lowest BCUT2D eigenvalue weighted by molar-refractivity contribution is -0.0422. The SMILES string of the molecule is Cc1ncnc(C)c1C(=O)N1CCC(C)(N2CCN([C@H](c3cccnc3)C3CCN(S(=O)(=O)c4cccc(Cl)c4)CC3)[C@@H](C)C2)CC1. The van der Waals surface area contributed by atoms with Crippen molar-refractivity contribution in [1.29, 1.82) is 0 Å². The van der Waals surface area contributed by atoms with Crippen LogP contribution in [0.5, 0.6) is 0 Å². The Bertz CT molecular complexity index is 1660. The van der Waals surface area contributed by atoms with Crippen molar-refractivity contribution in [3.05, 3.63) is 82.7 Å². The maximum Gasteiger partial charge on any atom is 0.257 e. The molecule has 10 nitrogen and oxygen atoms in total. The van der Waals surface area contributed by atoms with Crippen LogP contribution in [-0.2, 0) is 10.0 Å². The summed E-state index contributed by atoms with van der Waals surface area (Å²) in [4.78, 5) is 33.9. The van der Waals surface area contributed by atoms with Crippen molar-refractivity contribution in [2.75, 3.05) is 45.8 Å². The number of nitrogens with zero attached hydrogens (tertiary/aromatic N) is 7. The first-order chi connectivity index (χ1) is 22.5. The van der Waals surface area contributed by atoms with E-state index in [1.165, 1.54) is 18.0 Å². The lowest BCUT2D eigenvalue weighted by Gasteiger charge is -2.54. The fraction of sp³-hybridized carbons (Fsp3) is 0.543. The molecule has 3 fully saturated rings. The first-order valence-corrected chi connectivity index (χ1v) is 18.5. The number of aromatic nitrogens is 3. The first-order valence-electron chi connectivity index (χ1n) is 16.7. The van der Waals surface area contributed by atoms with Crippen molar-refractivity contribution < 1.29 is 13.2 Å². The van der Waals surface area contributed by atoms with E-state index in [0.29, 0.717) is 48.7 Å². The van der Waals surface area contributed by atoms with Crippen LogP contribution in [0, 0.1) is 19.8 Å². The molecule has 0 saturated carbocycles. The largest absolute Gasteiger partial charge is 0.338 e. The van der Waals surface area contributed by atoms with E-state index in [1.807, 2.05) is 37.2 Å². The van der Waals surface area contributed by atoms with Gasteiger partial charge in [0.15, 0.2) is 0 Å². The number of piperidine rings is 2. The zero-order chi connectivity index (χ0) is 33.3. The number of sulfonamides is 1. The van der Waals surface area contributed by atoms with Gasteiger partial charge in [0.25, 0.3) is 5.91 Å². The maximum atomic E-state index is 13.4. The average molecular weight is 680 g/mol. The number of amides is 1.